The Bertz CT molecular complexity index is 830. The maximum Gasteiger partial charge on any atom is 0.155 e. The second-order valence-corrected chi connectivity index (χ2v) is 13.3. The number of aliphatic hydroxyl groups is 1. The largest absolute Gasteiger partial charge is 0.460 e. The van der Waals surface area contributed by atoms with Crippen LogP contribution in [0.5, 0.6) is 0 Å². The summed E-state index contributed by atoms with van der Waals surface area (Å²) in [6.45, 7) is 20.6. The monoisotopic (exact) mass is 483 g/mol. The molecular formula is C32H53NO2. The fraction of sp³-hybridized carbons (Fsp3) is 0.750. The molecule has 0 heterocycles. The number of nitrogens with zero attached hydrogens (tertiary/aromatic N) is 1. The van der Waals surface area contributed by atoms with Gasteiger partial charge < -0.3 is 14.7 Å². The highest BCUT2D eigenvalue weighted by atomic mass is 16.5. The van der Waals surface area contributed by atoms with E-state index >= 15 is 0 Å². The molecule has 3 nitrogen and oxygen atoms in total. The van der Waals surface area contributed by atoms with Gasteiger partial charge in [0, 0.05) is 0 Å². The molecule has 0 aliphatic heterocycles. The van der Waals surface area contributed by atoms with E-state index in [0.29, 0.717) is 17.8 Å². The summed E-state index contributed by atoms with van der Waals surface area (Å²) in [5, 5.41) is 8.97. The predicted molar refractivity (Wildman–Crippen MR) is 149 cm³/mol. The zero-order chi connectivity index (χ0) is 26.4. The van der Waals surface area contributed by atoms with Gasteiger partial charge in [0.15, 0.2) is 12.2 Å². The third-order valence-electron chi connectivity index (χ3n) is 9.89. The fourth-order valence-electron chi connectivity index (χ4n) is 6.69. The average Bonchev–Trinajstić information content (AvgIpc) is 3.64. The molecular weight excluding hydrogens is 430 g/mol. The molecule has 2 rings (SSSR count). The first-order chi connectivity index (χ1) is 16.3. The van der Waals surface area contributed by atoms with E-state index in [2.05, 4.69) is 111 Å². The van der Waals surface area contributed by atoms with Crippen LogP contribution in [-0.2, 0) is 4.74 Å². The van der Waals surface area contributed by atoms with Gasteiger partial charge >= 0.3 is 0 Å². The van der Waals surface area contributed by atoms with Gasteiger partial charge in [-0.05, 0) is 105 Å². The molecule has 5 unspecified atom stereocenters. The molecule has 1 N–H and O–H groups in total. The highest BCUT2D eigenvalue weighted by Crippen LogP contribution is 2.63. The van der Waals surface area contributed by atoms with Crippen molar-refractivity contribution in [2.75, 3.05) is 20.6 Å². The zero-order valence-corrected chi connectivity index (χ0v) is 24.3. The smallest absolute Gasteiger partial charge is 0.155 e. The van der Waals surface area contributed by atoms with E-state index in [-0.39, 0.29) is 22.3 Å². The fourth-order valence-corrected chi connectivity index (χ4v) is 6.69. The average molecular weight is 484 g/mol. The number of hydrogen-bond donors (Lipinski definition) is 1. The first kappa shape index (κ1) is 29.6. The topological polar surface area (TPSA) is 32.7 Å². The molecule has 5 atom stereocenters. The summed E-state index contributed by atoms with van der Waals surface area (Å²) in [5.41, 5.74) is 2.06. The highest BCUT2D eigenvalue weighted by molar-refractivity contribution is 5.21. The maximum absolute atomic E-state index is 8.97. The second kappa shape index (κ2) is 12.1. The molecule has 35 heavy (non-hydrogen) atoms. The Hall–Kier alpha value is -1.66. The van der Waals surface area contributed by atoms with Gasteiger partial charge in [0.25, 0.3) is 0 Å². The quantitative estimate of drug-likeness (QED) is 0.273. The molecule has 1 aliphatic rings. The Balaban J connectivity index is 2.27. The molecule has 1 saturated carbocycles. The molecule has 1 aromatic carbocycles. The van der Waals surface area contributed by atoms with E-state index in [4.69, 9.17) is 9.84 Å². The van der Waals surface area contributed by atoms with E-state index in [1.165, 1.54) is 24.8 Å². The van der Waals surface area contributed by atoms with Crippen LogP contribution in [0, 0.1) is 46.2 Å². The lowest BCUT2D eigenvalue weighted by Crippen LogP contribution is -2.46. The van der Waals surface area contributed by atoms with Gasteiger partial charge in [-0.2, -0.15) is 0 Å². The molecule has 0 bridgehead atoms. The minimum absolute atomic E-state index is 0.0119. The van der Waals surface area contributed by atoms with Gasteiger partial charge in [0.2, 0.25) is 0 Å². The molecule has 0 spiro atoms. The van der Waals surface area contributed by atoms with Crippen molar-refractivity contribution in [3.8, 4) is 12.2 Å². The Morgan fingerprint density at radius 3 is 2.11 bits per heavy atom. The predicted octanol–water partition coefficient (Wildman–Crippen LogP) is 7.94. The van der Waals surface area contributed by atoms with Crippen molar-refractivity contribution in [3.05, 3.63) is 35.9 Å². The molecule has 1 fully saturated rings. The summed E-state index contributed by atoms with van der Waals surface area (Å²) < 4.78 is 5.71. The van der Waals surface area contributed by atoms with Gasteiger partial charge in [-0.3, -0.25) is 0 Å². The van der Waals surface area contributed by atoms with Crippen LogP contribution in [0.25, 0.3) is 0 Å². The minimum atomic E-state index is -0.0119. The van der Waals surface area contributed by atoms with Crippen LogP contribution in [0.1, 0.15) is 99.0 Å². The van der Waals surface area contributed by atoms with Crippen LogP contribution in [0.15, 0.2) is 30.3 Å². The highest BCUT2D eigenvalue weighted by Gasteiger charge is 2.55. The van der Waals surface area contributed by atoms with E-state index in [1.54, 1.807) is 0 Å². The van der Waals surface area contributed by atoms with Gasteiger partial charge in [-0.1, -0.05) is 78.8 Å². The van der Waals surface area contributed by atoms with E-state index in [9.17, 15) is 0 Å². The first-order valence-corrected chi connectivity index (χ1v) is 13.8. The van der Waals surface area contributed by atoms with Crippen molar-refractivity contribution in [2.45, 2.75) is 99.5 Å². The third kappa shape index (κ3) is 7.42. The van der Waals surface area contributed by atoms with E-state index in [0.717, 1.165) is 25.3 Å². The van der Waals surface area contributed by atoms with Crippen LogP contribution in [0.2, 0.25) is 0 Å². The van der Waals surface area contributed by atoms with Crippen LogP contribution in [0.3, 0.4) is 0 Å². The van der Waals surface area contributed by atoms with Gasteiger partial charge in [-0.15, -0.1) is 0 Å². The summed E-state index contributed by atoms with van der Waals surface area (Å²) in [6.07, 6.45) is 10.4. The van der Waals surface area contributed by atoms with Crippen molar-refractivity contribution < 1.29 is 9.84 Å². The SMILES string of the molecule is CC(OC#CO)C(CCN(C)C)CC(C)(C)C(C)(C(C)CC(C)(C)C(C)c1ccccc1)C1CC1. The molecule has 1 aromatic rings. The Kier molecular flexibility index (Phi) is 10.2. The second-order valence-electron chi connectivity index (χ2n) is 13.3. The summed E-state index contributed by atoms with van der Waals surface area (Å²) in [4.78, 5) is 2.25. The Morgan fingerprint density at radius 2 is 1.60 bits per heavy atom. The number of aliphatic hydroxyl groups excluding tert-OH is 1. The summed E-state index contributed by atoms with van der Waals surface area (Å²) in [7, 11) is 4.27. The molecule has 3 heteroatoms. The van der Waals surface area contributed by atoms with Crippen LogP contribution < -0.4 is 0 Å². The maximum atomic E-state index is 8.97. The molecule has 0 saturated heterocycles. The molecule has 0 radical (unpaired) electrons. The molecule has 198 valence electrons. The lowest BCUT2D eigenvalue weighted by atomic mass is 9.52. The standard InChI is InChI=1S/C32H53NO2/c1-24(22-30(4,5)25(2)27-14-12-11-13-15-27)32(8,29-16-17-29)31(6,7)23-28(18-19-33(9)10)26(3)35-21-20-34/h11-15,24-26,28-29,34H,16-19,22-23H2,1-10H3. The van der Waals surface area contributed by atoms with E-state index < -0.39 is 0 Å². The Labute approximate surface area is 217 Å². The van der Waals surface area contributed by atoms with Crippen molar-refractivity contribution in [3.63, 3.8) is 0 Å². The lowest BCUT2D eigenvalue weighted by Gasteiger charge is -2.53. The molecule has 1 aliphatic carbocycles. The number of ether oxygens (including phenoxy) is 1. The van der Waals surface area contributed by atoms with Crippen molar-refractivity contribution >= 4 is 0 Å². The van der Waals surface area contributed by atoms with Crippen molar-refractivity contribution in [2.24, 2.45) is 34.0 Å². The summed E-state index contributed by atoms with van der Waals surface area (Å²) in [6, 6.07) is 11.0. The lowest BCUT2D eigenvalue weighted by molar-refractivity contribution is -0.0463. The molecule has 0 amide bonds. The summed E-state index contributed by atoms with van der Waals surface area (Å²) in [5.74, 6) is 2.29. The van der Waals surface area contributed by atoms with Crippen molar-refractivity contribution in [1.29, 1.82) is 0 Å². The molecule has 0 aromatic heterocycles. The van der Waals surface area contributed by atoms with Gasteiger partial charge in [0.1, 0.15) is 6.10 Å². The number of benzene rings is 1. The zero-order valence-electron chi connectivity index (χ0n) is 24.3. The van der Waals surface area contributed by atoms with Crippen LogP contribution in [0.4, 0.5) is 0 Å². The number of rotatable bonds is 14. The Morgan fingerprint density at radius 1 is 1.00 bits per heavy atom. The summed E-state index contributed by atoms with van der Waals surface area (Å²) >= 11 is 0. The number of hydrogen-bond acceptors (Lipinski definition) is 3. The van der Waals surface area contributed by atoms with Gasteiger partial charge in [0.05, 0.1) is 0 Å². The van der Waals surface area contributed by atoms with Gasteiger partial charge in [-0.25, -0.2) is 0 Å². The van der Waals surface area contributed by atoms with Crippen LogP contribution in [-0.4, -0.2) is 36.8 Å². The van der Waals surface area contributed by atoms with Crippen LogP contribution >= 0.6 is 0 Å². The minimum Gasteiger partial charge on any atom is -0.460 e. The first-order valence-electron chi connectivity index (χ1n) is 13.8. The van der Waals surface area contributed by atoms with E-state index in [1.807, 2.05) is 6.11 Å². The van der Waals surface area contributed by atoms with Crippen molar-refractivity contribution in [1.82, 2.24) is 4.90 Å². The third-order valence-corrected chi connectivity index (χ3v) is 9.89. The normalized spacial score (nSPS) is 19.7.